The van der Waals surface area contributed by atoms with E-state index in [0.29, 0.717) is 50.4 Å². The molecular weight excluding hydrogens is 961 g/mol. The van der Waals surface area contributed by atoms with E-state index < -0.39 is 36.1 Å². The Labute approximate surface area is 429 Å². The van der Waals surface area contributed by atoms with Crippen molar-refractivity contribution in [2.75, 3.05) is 24.6 Å². The van der Waals surface area contributed by atoms with E-state index in [2.05, 4.69) is 9.97 Å². The number of nitrogens with zero attached hydrogens (tertiary/aromatic N) is 4. The van der Waals surface area contributed by atoms with E-state index in [1.165, 1.54) is 31.4 Å². The average Bonchev–Trinajstić information content (AvgIpc) is 4.16. The Bertz CT molecular complexity index is 2230. The minimum Gasteiger partial charge on any atom is -0.391 e. The molecule has 70 heavy (non-hydrogen) atoms. The molecule has 2 aromatic carbocycles. The highest BCUT2D eigenvalue weighted by molar-refractivity contribution is 8.76. The second-order valence-electron chi connectivity index (χ2n) is 20.0. The third-order valence-corrected chi connectivity index (χ3v) is 17.9. The van der Waals surface area contributed by atoms with Crippen molar-refractivity contribution < 1.29 is 39.0 Å². The Hall–Kier alpha value is -4.06. The maximum absolute atomic E-state index is 14.5. The lowest BCUT2D eigenvalue weighted by Crippen LogP contribution is -2.45. The number of thiazole rings is 2. The zero-order valence-corrected chi connectivity index (χ0v) is 44.7. The van der Waals surface area contributed by atoms with Crippen molar-refractivity contribution >= 4 is 79.2 Å². The van der Waals surface area contributed by atoms with Gasteiger partial charge in [-0.1, -0.05) is 97.8 Å². The second kappa shape index (κ2) is 26.6. The number of hydrogen-bond donors (Lipinski definition) is 2. The predicted molar refractivity (Wildman–Crippen MR) is 283 cm³/mol. The van der Waals surface area contributed by atoms with Crippen LogP contribution in [0.15, 0.2) is 59.6 Å². The molecule has 378 valence electrons. The molecule has 2 amide bonds. The molecule has 0 aliphatic carbocycles. The van der Waals surface area contributed by atoms with Crippen LogP contribution in [0.5, 0.6) is 0 Å². The number of aliphatic hydroxyl groups excluding tert-OH is 2. The molecule has 0 bridgehead atoms. The number of likely N-dealkylation sites (tertiary alicyclic amines) is 2. The number of hydrogen-bond acceptors (Lipinski definition) is 14. The summed E-state index contributed by atoms with van der Waals surface area (Å²) in [6, 6.07) is 14.5. The van der Waals surface area contributed by atoms with Gasteiger partial charge in [0.2, 0.25) is 11.8 Å². The normalized spacial score (nSPS) is 19.0. The number of carbonyl (C=O) groups excluding carboxylic acids is 6. The molecule has 0 saturated carbocycles. The van der Waals surface area contributed by atoms with E-state index in [1.807, 2.05) is 101 Å². The predicted octanol–water partition coefficient (Wildman–Crippen LogP) is 9.58. The van der Waals surface area contributed by atoms with Crippen molar-refractivity contribution in [2.24, 2.45) is 23.7 Å². The third-order valence-electron chi connectivity index (χ3n) is 13.4. The van der Waals surface area contributed by atoms with Crippen LogP contribution in [-0.4, -0.2) is 114 Å². The smallest absolute Gasteiger partial charge is 0.227 e. The second-order valence-corrected chi connectivity index (χ2v) is 24.2. The molecule has 2 fully saturated rings. The molecule has 6 rings (SSSR count). The molecule has 0 spiro atoms. The number of rotatable bonds is 27. The summed E-state index contributed by atoms with van der Waals surface area (Å²) in [6.45, 7) is 12.1. The summed E-state index contributed by atoms with van der Waals surface area (Å²) in [5.41, 5.74) is 9.67. The van der Waals surface area contributed by atoms with Gasteiger partial charge in [0.1, 0.15) is 11.6 Å². The molecule has 2 N–H and O–H groups in total. The lowest BCUT2D eigenvalue weighted by atomic mass is 9.96. The van der Waals surface area contributed by atoms with Gasteiger partial charge < -0.3 is 20.0 Å². The molecule has 2 aliphatic rings. The summed E-state index contributed by atoms with van der Waals surface area (Å²) >= 11 is 3.16. The number of aromatic nitrogens is 2. The highest BCUT2D eigenvalue weighted by atomic mass is 33.1. The van der Waals surface area contributed by atoms with E-state index in [0.717, 1.165) is 43.4 Å². The number of aliphatic hydroxyl groups is 2. The van der Waals surface area contributed by atoms with Gasteiger partial charge in [-0.15, -0.1) is 22.7 Å². The van der Waals surface area contributed by atoms with Crippen molar-refractivity contribution in [3.8, 4) is 20.9 Å². The molecule has 2 aromatic heterocycles. The van der Waals surface area contributed by atoms with Gasteiger partial charge in [-0.05, 0) is 73.6 Å². The number of ketones is 4. The fraction of sp³-hybridized carbons (Fsp3) is 0.556. The van der Waals surface area contributed by atoms with Crippen LogP contribution in [0, 0.1) is 37.5 Å². The van der Waals surface area contributed by atoms with Gasteiger partial charge in [-0.25, -0.2) is 9.97 Å². The third kappa shape index (κ3) is 15.7. The molecule has 0 radical (unpaired) electrons. The number of aryl methyl sites for hydroxylation is 4. The SMILES string of the molecule is Cc1ncsc1-c1ccc(CCC(=O)[C@H]2C[C@H](O)CN2C(=O)[C@@H](CSSC[C@H](CC(=O)CCC(C)C)C(=O)N2C[C@H](O)C[C@H]2C(=O)CCc2ccc(-c3scnc3C)cc2)CC(=O)CCC(C)C)cc1. The minimum atomic E-state index is -0.871. The van der Waals surface area contributed by atoms with E-state index >= 15 is 0 Å². The van der Waals surface area contributed by atoms with Crippen molar-refractivity contribution in [3.63, 3.8) is 0 Å². The Kier molecular flexibility index (Phi) is 21.0. The van der Waals surface area contributed by atoms with Crippen LogP contribution in [0.4, 0.5) is 0 Å². The monoisotopic (exact) mass is 1030 g/mol. The summed E-state index contributed by atoms with van der Waals surface area (Å²) in [5.74, 6) is -1.58. The molecule has 4 heterocycles. The molecule has 2 saturated heterocycles. The molecule has 0 unspecified atom stereocenters. The first-order valence-electron chi connectivity index (χ1n) is 24.8. The zero-order chi connectivity index (χ0) is 50.5. The number of carbonyl (C=O) groups is 6. The molecular formula is C54H70N4O8S4. The summed E-state index contributed by atoms with van der Waals surface area (Å²) in [7, 11) is 2.69. The Morgan fingerprint density at radius 1 is 0.600 bits per heavy atom. The number of Topliss-reactive ketones (excluding diaryl/α,β-unsaturated/α-hetero) is 4. The van der Waals surface area contributed by atoms with Gasteiger partial charge in [0, 0.05) is 76.0 Å². The van der Waals surface area contributed by atoms with E-state index in [9.17, 15) is 39.0 Å². The first-order chi connectivity index (χ1) is 33.5. The van der Waals surface area contributed by atoms with Gasteiger partial charge in [-0.2, -0.15) is 0 Å². The largest absolute Gasteiger partial charge is 0.391 e. The van der Waals surface area contributed by atoms with Crippen molar-refractivity contribution in [3.05, 3.63) is 82.1 Å². The van der Waals surface area contributed by atoms with E-state index in [1.54, 1.807) is 22.7 Å². The average molecular weight is 1030 g/mol. The molecule has 4 aromatic rings. The van der Waals surface area contributed by atoms with Gasteiger partial charge in [0.05, 0.1) is 68.3 Å². The number of benzene rings is 2. The Morgan fingerprint density at radius 3 is 1.30 bits per heavy atom. The fourth-order valence-corrected chi connectivity index (χ4v) is 13.4. The molecule has 6 atom stereocenters. The fourth-order valence-electron chi connectivity index (χ4n) is 9.21. The van der Waals surface area contributed by atoms with E-state index in [4.69, 9.17) is 0 Å². The van der Waals surface area contributed by atoms with Crippen molar-refractivity contribution in [2.45, 2.75) is 143 Å². The highest BCUT2D eigenvalue weighted by Crippen LogP contribution is 2.35. The maximum Gasteiger partial charge on any atom is 0.227 e. The van der Waals surface area contributed by atoms with Crippen LogP contribution in [0.2, 0.25) is 0 Å². The topological polar surface area (TPSA) is 175 Å². The van der Waals surface area contributed by atoms with Crippen LogP contribution >= 0.6 is 44.3 Å². The Balaban J connectivity index is 1.10. The first-order valence-corrected chi connectivity index (χ1v) is 29.0. The molecule has 12 nitrogen and oxygen atoms in total. The van der Waals surface area contributed by atoms with E-state index in [-0.39, 0.29) is 98.1 Å². The van der Waals surface area contributed by atoms with Gasteiger partial charge in [0.15, 0.2) is 11.6 Å². The quantitative estimate of drug-likeness (QED) is 0.0428. The van der Waals surface area contributed by atoms with Gasteiger partial charge >= 0.3 is 0 Å². The molecule has 2 aliphatic heterocycles. The maximum atomic E-state index is 14.5. The number of amides is 2. The van der Waals surface area contributed by atoms with Crippen LogP contribution in [0.25, 0.3) is 20.9 Å². The van der Waals surface area contributed by atoms with Crippen LogP contribution in [0.1, 0.15) is 114 Å². The Morgan fingerprint density at radius 2 is 0.971 bits per heavy atom. The summed E-state index contributed by atoms with van der Waals surface area (Å²) in [5, 5.41) is 21.7. The lowest BCUT2D eigenvalue weighted by molar-refractivity contribution is -0.141. The minimum absolute atomic E-state index is 0.00276. The zero-order valence-electron chi connectivity index (χ0n) is 41.5. The summed E-state index contributed by atoms with van der Waals surface area (Å²) in [6.07, 6.45) is 1.84. The van der Waals surface area contributed by atoms with Crippen molar-refractivity contribution in [1.82, 2.24) is 19.8 Å². The summed E-state index contributed by atoms with van der Waals surface area (Å²) < 4.78 is 0. The van der Waals surface area contributed by atoms with Crippen molar-refractivity contribution in [1.29, 1.82) is 0 Å². The van der Waals surface area contributed by atoms with Gasteiger partial charge in [-0.3, -0.25) is 28.8 Å². The van der Waals surface area contributed by atoms with Crippen LogP contribution in [-0.2, 0) is 41.6 Å². The number of β-amino-alcohol motifs (C(OH)–C–C–N with tert-alkyl or cyclic N) is 2. The van der Waals surface area contributed by atoms with Gasteiger partial charge in [0.25, 0.3) is 0 Å². The first kappa shape index (κ1) is 55.3. The lowest BCUT2D eigenvalue weighted by Gasteiger charge is -2.29. The highest BCUT2D eigenvalue weighted by Gasteiger charge is 2.43. The molecule has 16 heteroatoms. The van der Waals surface area contributed by atoms with Crippen LogP contribution < -0.4 is 0 Å². The van der Waals surface area contributed by atoms with Crippen LogP contribution in [0.3, 0.4) is 0 Å². The standard InChI is InChI=1S/C54H70N4O8S4/c1-33(2)7-19-43(59)23-41(53(65)57-27-45(61)25-47(57)49(63)21-13-37-9-15-39(16-10-37)51-35(5)55-31-67-51)29-69-70-30-42(24-44(60)20-8-34(3)4)54(66)58-28-46(62)26-48(58)50(64)22-14-38-11-17-40(18-12-38)52-36(6)56-32-68-52/h9-12,15-18,31-34,41-42,45-48,61-62H,7-8,13-14,19-30H2,1-6H3/t41-,42+,45+,46-,47-,48+. The summed E-state index contributed by atoms with van der Waals surface area (Å²) in [4.78, 5) is 97.3.